The molecule has 1 aromatic carbocycles. The number of hydrogen-bond donors (Lipinski definition) is 0. The number of amides is 1. The zero-order chi connectivity index (χ0) is 18.5. The number of benzene rings is 1. The molecule has 2 aromatic rings. The van der Waals surface area contributed by atoms with Crippen LogP contribution in [0, 0.1) is 13.8 Å². The fraction of sp³-hybridized carbons (Fsp3) is 0.474. The van der Waals surface area contributed by atoms with Gasteiger partial charge in [0.25, 0.3) is 0 Å². The average Bonchev–Trinajstić information content (AvgIpc) is 3.10. The van der Waals surface area contributed by atoms with Gasteiger partial charge in [0.05, 0.1) is 11.4 Å². The van der Waals surface area contributed by atoms with Crippen LogP contribution in [-0.4, -0.2) is 43.3 Å². The van der Waals surface area contributed by atoms with Crippen LogP contribution in [0.5, 0.6) is 0 Å². The van der Waals surface area contributed by atoms with Gasteiger partial charge in [0.2, 0.25) is 11.1 Å². The van der Waals surface area contributed by atoms with E-state index < -0.39 is 0 Å². The highest BCUT2D eigenvalue weighted by Gasteiger charge is 2.20. The van der Waals surface area contributed by atoms with Crippen molar-refractivity contribution in [2.75, 3.05) is 12.3 Å². The monoisotopic (exact) mass is 371 g/mol. The number of thioether (sulfide) groups is 1. The molecule has 0 N–H and O–H groups in total. The van der Waals surface area contributed by atoms with Crippen molar-refractivity contribution in [3.8, 4) is 5.69 Å². The highest BCUT2D eigenvalue weighted by molar-refractivity contribution is 7.99. The van der Waals surface area contributed by atoms with Crippen molar-refractivity contribution in [3.63, 3.8) is 0 Å². The quantitative estimate of drug-likeness (QED) is 0.725. The molecule has 138 valence electrons. The first-order valence-corrected chi connectivity index (χ1v) is 10.1. The first kappa shape index (κ1) is 18.6. The van der Waals surface area contributed by atoms with E-state index in [9.17, 15) is 4.79 Å². The second kappa shape index (κ2) is 8.49. The summed E-state index contributed by atoms with van der Waals surface area (Å²) in [6, 6.07) is 6.15. The Morgan fingerprint density at radius 2 is 2.15 bits per heavy atom. The van der Waals surface area contributed by atoms with E-state index in [1.54, 1.807) is 4.68 Å². The number of aryl methyl sites for hydroxylation is 2. The summed E-state index contributed by atoms with van der Waals surface area (Å²) in [5.41, 5.74) is 4.41. The highest BCUT2D eigenvalue weighted by Crippen LogP contribution is 2.24. The molecular formula is C19H25N5OS. The SMILES string of the molecule is CCN(C(=O)CSc1nnnn1-c1ccc(C)cc1C)C1=CCCCC1. The molecule has 1 aromatic heterocycles. The normalized spacial score (nSPS) is 14.2. The molecule has 0 atom stereocenters. The van der Waals surface area contributed by atoms with Gasteiger partial charge in [0, 0.05) is 12.2 Å². The van der Waals surface area contributed by atoms with Crippen LogP contribution in [0.25, 0.3) is 5.69 Å². The molecule has 1 heterocycles. The van der Waals surface area contributed by atoms with Crippen LogP contribution in [-0.2, 0) is 4.79 Å². The molecule has 26 heavy (non-hydrogen) atoms. The van der Waals surface area contributed by atoms with Gasteiger partial charge in [-0.25, -0.2) is 0 Å². The van der Waals surface area contributed by atoms with Crippen LogP contribution in [0.15, 0.2) is 35.1 Å². The number of carbonyl (C=O) groups excluding carboxylic acids is 1. The third-order valence-corrected chi connectivity index (χ3v) is 5.48. The maximum atomic E-state index is 12.7. The van der Waals surface area contributed by atoms with Crippen molar-refractivity contribution in [2.45, 2.75) is 51.6 Å². The van der Waals surface area contributed by atoms with Gasteiger partial charge in [-0.1, -0.05) is 35.5 Å². The molecule has 7 heteroatoms. The van der Waals surface area contributed by atoms with E-state index in [-0.39, 0.29) is 5.91 Å². The molecule has 0 fully saturated rings. The summed E-state index contributed by atoms with van der Waals surface area (Å²) < 4.78 is 1.71. The van der Waals surface area contributed by atoms with Crippen molar-refractivity contribution in [1.29, 1.82) is 0 Å². The molecular weight excluding hydrogens is 346 g/mol. The van der Waals surface area contributed by atoms with Gasteiger partial charge in [0.1, 0.15) is 0 Å². The standard InChI is InChI=1S/C19H25N5OS/c1-4-23(16-8-6-5-7-9-16)18(25)13-26-19-20-21-22-24(19)17-11-10-14(2)12-15(17)3/h8,10-12H,4-7,9,13H2,1-3H3. The van der Waals surface area contributed by atoms with Crippen LogP contribution in [0.3, 0.4) is 0 Å². The minimum Gasteiger partial charge on any atom is -0.316 e. The van der Waals surface area contributed by atoms with Gasteiger partial charge < -0.3 is 4.90 Å². The fourth-order valence-electron chi connectivity index (χ4n) is 3.27. The van der Waals surface area contributed by atoms with Crippen LogP contribution in [0.4, 0.5) is 0 Å². The minimum atomic E-state index is 0.112. The predicted molar refractivity (Wildman–Crippen MR) is 103 cm³/mol. The van der Waals surface area contributed by atoms with Crippen molar-refractivity contribution in [3.05, 3.63) is 41.1 Å². The molecule has 0 saturated heterocycles. The zero-order valence-electron chi connectivity index (χ0n) is 15.6. The van der Waals surface area contributed by atoms with Crippen molar-refractivity contribution >= 4 is 17.7 Å². The number of rotatable bonds is 6. The van der Waals surface area contributed by atoms with E-state index in [0.717, 1.165) is 30.5 Å². The van der Waals surface area contributed by atoms with Crippen LogP contribution in [0.1, 0.15) is 43.7 Å². The van der Waals surface area contributed by atoms with E-state index in [2.05, 4.69) is 34.6 Å². The lowest BCUT2D eigenvalue weighted by Crippen LogP contribution is -2.32. The Balaban J connectivity index is 1.71. The Hall–Kier alpha value is -2.15. The van der Waals surface area contributed by atoms with Crippen molar-refractivity contribution in [2.24, 2.45) is 0 Å². The van der Waals surface area contributed by atoms with E-state index in [1.165, 1.54) is 29.4 Å². The summed E-state index contributed by atoms with van der Waals surface area (Å²) in [5.74, 6) is 0.442. The molecule has 0 radical (unpaired) electrons. The van der Waals surface area contributed by atoms with Crippen LogP contribution < -0.4 is 0 Å². The molecule has 1 amide bonds. The third-order valence-electron chi connectivity index (χ3n) is 4.58. The fourth-order valence-corrected chi connectivity index (χ4v) is 4.03. The molecule has 0 spiro atoms. The number of tetrazole rings is 1. The van der Waals surface area contributed by atoms with Crippen LogP contribution >= 0.6 is 11.8 Å². The number of nitrogens with zero attached hydrogens (tertiary/aromatic N) is 5. The second-order valence-electron chi connectivity index (χ2n) is 6.53. The maximum absolute atomic E-state index is 12.7. The van der Waals surface area contributed by atoms with E-state index >= 15 is 0 Å². The molecule has 0 unspecified atom stereocenters. The number of carbonyl (C=O) groups is 1. The van der Waals surface area contributed by atoms with Gasteiger partial charge in [-0.3, -0.25) is 4.79 Å². The Kier molecular flexibility index (Phi) is 6.08. The first-order chi connectivity index (χ1) is 12.6. The lowest BCUT2D eigenvalue weighted by Gasteiger charge is -2.26. The Morgan fingerprint density at radius 3 is 2.85 bits per heavy atom. The predicted octanol–water partition coefficient (Wildman–Crippen LogP) is 3.68. The number of aromatic nitrogens is 4. The molecule has 1 aliphatic rings. The summed E-state index contributed by atoms with van der Waals surface area (Å²) in [4.78, 5) is 14.6. The van der Waals surface area contributed by atoms with Gasteiger partial charge >= 0.3 is 0 Å². The molecule has 0 aliphatic heterocycles. The largest absolute Gasteiger partial charge is 0.316 e. The van der Waals surface area contributed by atoms with Gasteiger partial charge in [0.15, 0.2) is 0 Å². The van der Waals surface area contributed by atoms with E-state index in [1.807, 2.05) is 30.9 Å². The molecule has 0 saturated carbocycles. The summed E-state index contributed by atoms with van der Waals surface area (Å²) in [7, 11) is 0. The molecule has 6 nitrogen and oxygen atoms in total. The van der Waals surface area contributed by atoms with Crippen molar-refractivity contribution < 1.29 is 4.79 Å². The number of hydrogen-bond acceptors (Lipinski definition) is 5. The van der Waals surface area contributed by atoms with Gasteiger partial charge in [-0.05, 0) is 68.5 Å². The summed E-state index contributed by atoms with van der Waals surface area (Å²) in [6.45, 7) is 6.83. The zero-order valence-corrected chi connectivity index (χ0v) is 16.4. The van der Waals surface area contributed by atoms with Gasteiger partial charge in [-0.15, -0.1) is 5.10 Å². The van der Waals surface area contributed by atoms with E-state index in [4.69, 9.17) is 0 Å². The highest BCUT2D eigenvalue weighted by atomic mass is 32.2. The first-order valence-electron chi connectivity index (χ1n) is 9.08. The maximum Gasteiger partial charge on any atom is 0.237 e. The lowest BCUT2D eigenvalue weighted by molar-refractivity contribution is -0.126. The van der Waals surface area contributed by atoms with E-state index in [0.29, 0.717) is 17.5 Å². The average molecular weight is 372 g/mol. The smallest absolute Gasteiger partial charge is 0.237 e. The molecule has 0 bridgehead atoms. The van der Waals surface area contributed by atoms with Crippen molar-refractivity contribution in [1.82, 2.24) is 25.1 Å². The second-order valence-corrected chi connectivity index (χ2v) is 7.47. The minimum absolute atomic E-state index is 0.112. The third kappa shape index (κ3) is 4.15. The topological polar surface area (TPSA) is 63.9 Å². The Labute approximate surface area is 158 Å². The Morgan fingerprint density at radius 1 is 1.31 bits per heavy atom. The summed E-state index contributed by atoms with van der Waals surface area (Å²) in [6.07, 6.45) is 6.64. The lowest BCUT2D eigenvalue weighted by atomic mass is 10.0. The molecule has 1 aliphatic carbocycles. The summed E-state index contributed by atoms with van der Waals surface area (Å²) >= 11 is 1.39. The van der Waals surface area contributed by atoms with Crippen LogP contribution in [0.2, 0.25) is 0 Å². The summed E-state index contributed by atoms with van der Waals surface area (Å²) in [5, 5.41) is 12.7. The van der Waals surface area contributed by atoms with Gasteiger partial charge in [-0.2, -0.15) is 4.68 Å². The molecule has 3 rings (SSSR count). The number of allylic oxidation sites excluding steroid dienone is 2. The Bertz CT molecular complexity index is 814.